The van der Waals surface area contributed by atoms with Crippen LogP contribution in [0.3, 0.4) is 0 Å². The summed E-state index contributed by atoms with van der Waals surface area (Å²) in [6, 6.07) is 6.98. The highest BCUT2D eigenvalue weighted by atomic mass is 32.2. The Morgan fingerprint density at radius 1 is 1.29 bits per heavy atom. The molecule has 0 fully saturated rings. The highest BCUT2D eigenvalue weighted by Gasteiger charge is 2.18. The van der Waals surface area contributed by atoms with Gasteiger partial charge in [0.25, 0.3) is 10.0 Å². The normalized spacial score (nSPS) is 14.1. The number of pyridine rings is 1. The zero-order chi connectivity index (χ0) is 14.9. The molecule has 0 saturated carbocycles. The van der Waals surface area contributed by atoms with E-state index in [4.69, 9.17) is 0 Å². The molecule has 21 heavy (non-hydrogen) atoms. The lowest BCUT2D eigenvalue weighted by molar-refractivity contribution is 0.601. The van der Waals surface area contributed by atoms with E-state index in [9.17, 15) is 8.42 Å². The van der Waals surface area contributed by atoms with Gasteiger partial charge in [0.05, 0.1) is 16.8 Å². The minimum absolute atomic E-state index is 0.285. The zero-order valence-electron chi connectivity index (χ0n) is 11.8. The van der Waals surface area contributed by atoms with Crippen LogP contribution in [-0.4, -0.2) is 19.9 Å². The number of fused-ring (bicyclic) bond motifs is 1. The van der Waals surface area contributed by atoms with Gasteiger partial charge in [-0.15, -0.1) is 0 Å². The maximum Gasteiger partial charge on any atom is 0.261 e. The Morgan fingerprint density at radius 3 is 2.95 bits per heavy atom. The molecule has 0 spiro atoms. The molecule has 0 atom stereocenters. The quantitative estimate of drug-likeness (QED) is 0.914. The molecule has 1 aliphatic heterocycles. The van der Waals surface area contributed by atoms with E-state index in [0.29, 0.717) is 5.69 Å². The molecule has 110 valence electrons. The van der Waals surface area contributed by atoms with Crippen molar-refractivity contribution in [3.05, 3.63) is 47.8 Å². The molecule has 0 aliphatic carbocycles. The van der Waals surface area contributed by atoms with E-state index < -0.39 is 10.0 Å². The van der Waals surface area contributed by atoms with Gasteiger partial charge >= 0.3 is 0 Å². The summed E-state index contributed by atoms with van der Waals surface area (Å²) < 4.78 is 27.6. The van der Waals surface area contributed by atoms with Crippen LogP contribution in [-0.2, 0) is 16.4 Å². The van der Waals surface area contributed by atoms with Gasteiger partial charge in [-0.3, -0.25) is 9.71 Å². The van der Waals surface area contributed by atoms with Gasteiger partial charge in [0.2, 0.25) is 0 Å². The van der Waals surface area contributed by atoms with Crippen LogP contribution in [0.15, 0.2) is 41.6 Å². The topological polar surface area (TPSA) is 71.1 Å². The largest absolute Gasteiger partial charge is 0.385 e. The molecule has 2 N–H and O–H groups in total. The maximum atomic E-state index is 12.5. The molecule has 0 radical (unpaired) electrons. The second-order valence-corrected chi connectivity index (χ2v) is 6.83. The predicted octanol–water partition coefficient (Wildman–Crippen LogP) is 2.55. The van der Waals surface area contributed by atoms with Crippen LogP contribution in [0.4, 0.5) is 11.4 Å². The van der Waals surface area contributed by atoms with Gasteiger partial charge in [-0.25, -0.2) is 8.42 Å². The van der Waals surface area contributed by atoms with Crippen molar-refractivity contribution >= 4 is 21.4 Å². The van der Waals surface area contributed by atoms with Crippen LogP contribution in [0, 0.1) is 6.92 Å². The fourth-order valence-corrected chi connectivity index (χ4v) is 3.56. The van der Waals surface area contributed by atoms with Gasteiger partial charge < -0.3 is 5.32 Å². The molecular weight excluding hydrogens is 286 g/mol. The SMILES string of the molecule is Cc1ccncc1NS(=O)(=O)c1ccc2c(c1)CCCN2. The van der Waals surface area contributed by atoms with Crippen molar-refractivity contribution in [1.82, 2.24) is 4.98 Å². The third kappa shape index (κ3) is 2.85. The highest BCUT2D eigenvalue weighted by molar-refractivity contribution is 7.92. The van der Waals surface area contributed by atoms with E-state index >= 15 is 0 Å². The highest BCUT2D eigenvalue weighted by Crippen LogP contribution is 2.26. The number of aryl methyl sites for hydroxylation is 2. The summed E-state index contributed by atoms with van der Waals surface area (Å²) in [4.78, 5) is 4.24. The Kier molecular flexibility index (Phi) is 3.55. The first kappa shape index (κ1) is 13.9. The molecule has 1 aromatic carbocycles. The number of nitrogens with one attached hydrogen (secondary N) is 2. The number of hydrogen-bond donors (Lipinski definition) is 2. The summed E-state index contributed by atoms with van der Waals surface area (Å²) >= 11 is 0. The average molecular weight is 303 g/mol. The van der Waals surface area contributed by atoms with Crippen molar-refractivity contribution in [2.75, 3.05) is 16.6 Å². The van der Waals surface area contributed by atoms with Crippen molar-refractivity contribution < 1.29 is 8.42 Å². The Morgan fingerprint density at radius 2 is 2.14 bits per heavy atom. The van der Waals surface area contributed by atoms with Gasteiger partial charge in [-0.2, -0.15) is 0 Å². The van der Waals surface area contributed by atoms with Crippen molar-refractivity contribution in [1.29, 1.82) is 0 Å². The second-order valence-electron chi connectivity index (χ2n) is 5.15. The van der Waals surface area contributed by atoms with Crippen molar-refractivity contribution in [2.24, 2.45) is 0 Å². The molecule has 0 unspecified atom stereocenters. The molecular formula is C15H17N3O2S. The Balaban J connectivity index is 1.93. The number of benzene rings is 1. The van der Waals surface area contributed by atoms with Crippen molar-refractivity contribution in [3.8, 4) is 0 Å². The first-order chi connectivity index (χ1) is 10.1. The molecule has 0 bridgehead atoms. The number of nitrogens with zero attached hydrogens (tertiary/aromatic N) is 1. The van der Waals surface area contributed by atoms with E-state index in [1.54, 1.807) is 24.4 Å². The van der Waals surface area contributed by atoms with E-state index in [2.05, 4.69) is 15.0 Å². The molecule has 1 aliphatic rings. The van der Waals surface area contributed by atoms with Crippen LogP contribution in [0.2, 0.25) is 0 Å². The van der Waals surface area contributed by atoms with Gasteiger partial charge in [-0.1, -0.05) is 0 Å². The van der Waals surface area contributed by atoms with Crippen molar-refractivity contribution in [3.63, 3.8) is 0 Å². The van der Waals surface area contributed by atoms with E-state index in [1.165, 1.54) is 6.20 Å². The number of rotatable bonds is 3. The van der Waals surface area contributed by atoms with Crippen molar-refractivity contribution in [2.45, 2.75) is 24.7 Å². The Bertz CT molecular complexity index is 772. The number of aromatic nitrogens is 1. The first-order valence-electron chi connectivity index (χ1n) is 6.86. The molecule has 3 rings (SSSR count). The summed E-state index contributed by atoms with van der Waals surface area (Å²) in [5, 5.41) is 3.27. The summed E-state index contributed by atoms with van der Waals surface area (Å²) in [5.41, 5.74) is 3.42. The molecule has 2 aromatic rings. The monoisotopic (exact) mass is 303 g/mol. The summed E-state index contributed by atoms with van der Waals surface area (Å²) in [6.07, 6.45) is 5.08. The van der Waals surface area contributed by atoms with E-state index in [0.717, 1.165) is 36.2 Å². The Hall–Kier alpha value is -2.08. The zero-order valence-corrected chi connectivity index (χ0v) is 12.6. The molecule has 1 aromatic heterocycles. The lowest BCUT2D eigenvalue weighted by atomic mass is 10.0. The minimum Gasteiger partial charge on any atom is -0.385 e. The third-order valence-corrected chi connectivity index (χ3v) is 4.97. The minimum atomic E-state index is -3.59. The van der Waals surface area contributed by atoms with Crippen LogP contribution in [0.5, 0.6) is 0 Å². The number of sulfonamides is 1. The lowest BCUT2D eigenvalue weighted by Gasteiger charge is -2.19. The van der Waals surface area contributed by atoms with E-state index in [-0.39, 0.29) is 4.90 Å². The molecule has 0 saturated heterocycles. The fraction of sp³-hybridized carbons (Fsp3) is 0.267. The predicted molar refractivity (Wildman–Crippen MR) is 83.0 cm³/mol. The van der Waals surface area contributed by atoms with Crippen LogP contribution < -0.4 is 10.0 Å². The second kappa shape index (κ2) is 5.37. The maximum absolute atomic E-state index is 12.5. The molecule has 0 amide bonds. The van der Waals surface area contributed by atoms with Gasteiger partial charge in [0, 0.05) is 18.4 Å². The third-order valence-electron chi connectivity index (χ3n) is 3.61. The molecule has 6 heteroatoms. The summed E-state index contributed by atoms with van der Waals surface area (Å²) in [5.74, 6) is 0. The van der Waals surface area contributed by atoms with Gasteiger partial charge in [0.1, 0.15) is 0 Å². The summed E-state index contributed by atoms with van der Waals surface area (Å²) in [7, 11) is -3.59. The van der Waals surface area contributed by atoms with Gasteiger partial charge in [0.15, 0.2) is 0 Å². The Labute approximate surface area is 124 Å². The molecule has 2 heterocycles. The summed E-state index contributed by atoms with van der Waals surface area (Å²) in [6.45, 7) is 2.78. The first-order valence-corrected chi connectivity index (χ1v) is 8.35. The van der Waals surface area contributed by atoms with E-state index in [1.807, 2.05) is 13.0 Å². The smallest absolute Gasteiger partial charge is 0.261 e. The van der Waals surface area contributed by atoms with Crippen LogP contribution in [0.25, 0.3) is 0 Å². The number of anilines is 2. The lowest BCUT2D eigenvalue weighted by Crippen LogP contribution is -2.16. The standard InChI is InChI=1S/C15H17N3O2S/c1-11-6-8-16-10-15(11)18-21(19,20)13-4-5-14-12(9-13)3-2-7-17-14/h4-6,8-10,17-18H,2-3,7H2,1H3. The van der Waals surface area contributed by atoms with Crippen LogP contribution in [0.1, 0.15) is 17.5 Å². The average Bonchev–Trinajstić information content (AvgIpc) is 2.49. The van der Waals surface area contributed by atoms with Crippen LogP contribution >= 0.6 is 0 Å². The number of hydrogen-bond acceptors (Lipinski definition) is 4. The fourth-order valence-electron chi connectivity index (χ4n) is 2.39. The molecule has 5 nitrogen and oxygen atoms in total. The van der Waals surface area contributed by atoms with Gasteiger partial charge in [-0.05, 0) is 55.2 Å².